The molecule has 0 aromatic carbocycles. The molecule has 5 aromatic heterocycles. The predicted octanol–water partition coefficient (Wildman–Crippen LogP) is 3.96. The van der Waals surface area contributed by atoms with Gasteiger partial charge in [0.1, 0.15) is 9.04 Å². The predicted molar refractivity (Wildman–Crippen MR) is 127 cm³/mol. The Labute approximate surface area is 190 Å². The molecule has 0 saturated heterocycles. The summed E-state index contributed by atoms with van der Waals surface area (Å²) < 4.78 is 17.6. The Hall–Kier alpha value is -3.11. The van der Waals surface area contributed by atoms with Crippen LogP contribution in [-0.2, 0) is 17.8 Å². The van der Waals surface area contributed by atoms with E-state index in [-0.39, 0.29) is 5.25 Å². The van der Waals surface area contributed by atoms with Crippen molar-refractivity contribution in [3.8, 4) is 22.4 Å². The number of nitrogens with zero attached hydrogens (tertiary/aromatic N) is 6. The summed E-state index contributed by atoms with van der Waals surface area (Å²) in [7, 11) is 0.797. The number of nitrogen functional groups attached to an aromatic ring is 1. The van der Waals surface area contributed by atoms with Crippen molar-refractivity contribution in [2.75, 3.05) is 5.73 Å². The van der Waals surface area contributed by atoms with Gasteiger partial charge in [-0.05, 0) is 31.4 Å². The van der Waals surface area contributed by atoms with Crippen LogP contribution < -0.4 is 5.73 Å². The number of hydrogen-bond acceptors (Lipinski definition) is 7. The van der Waals surface area contributed by atoms with Gasteiger partial charge in [-0.15, -0.1) is 11.3 Å². The third-order valence-electron chi connectivity index (χ3n) is 6.05. The molecule has 2 N–H and O–H groups in total. The standard InChI is InChI=1S/C22H21N7OS2/c1-12-16(11-28(2)27-12)15-8-17(13-9-25-22-24-6-7-29(22)10-13)26-20-18(15)19(23)21(31-20)32(30)14-4-3-5-14/h6-11,14H,3-5,23H2,1-2H3. The van der Waals surface area contributed by atoms with Crippen molar-refractivity contribution in [2.24, 2.45) is 7.05 Å². The van der Waals surface area contributed by atoms with Gasteiger partial charge in [-0.1, -0.05) is 6.42 Å². The molecule has 0 bridgehead atoms. The number of rotatable bonds is 4. The summed E-state index contributed by atoms with van der Waals surface area (Å²) in [6.45, 7) is 1.98. The Morgan fingerprint density at radius 1 is 1.22 bits per heavy atom. The van der Waals surface area contributed by atoms with Gasteiger partial charge in [0.2, 0.25) is 5.78 Å². The smallest absolute Gasteiger partial charge is 0.233 e. The molecule has 162 valence electrons. The Morgan fingerprint density at radius 2 is 2.06 bits per heavy atom. The van der Waals surface area contributed by atoms with Crippen molar-refractivity contribution < 1.29 is 4.21 Å². The number of nitrogens with two attached hydrogens (primary N) is 1. The molecule has 0 spiro atoms. The van der Waals surface area contributed by atoms with Crippen LogP contribution in [0.3, 0.4) is 0 Å². The molecule has 1 saturated carbocycles. The van der Waals surface area contributed by atoms with Gasteiger partial charge in [-0.3, -0.25) is 13.3 Å². The Morgan fingerprint density at radius 3 is 2.78 bits per heavy atom. The summed E-state index contributed by atoms with van der Waals surface area (Å²) in [5.41, 5.74) is 11.7. The maximum absolute atomic E-state index is 13.2. The molecule has 0 aliphatic heterocycles. The average Bonchev–Trinajstić information content (AvgIpc) is 3.42. The minimum atomic E-state index is -1.11. The van der Waals surface area contributed by atoms with Crippen molar-refractivity contribution in [2.45, 2.75) is 35.6 Å². The van der Waals surface area contributed by atoms with E-state index in [9.17, 15) is 4.21 Å². The highest BCUT2D eigenvalue weighted by molar-refractivity contribution is 7.88. The van der Waals surface area contributed by atoms with E-state index in [0.29, 0.717) is 11.5 Å². The summed E-state index contributed by atoms with van der Waals surface area (Å²) in [5, 5.41) is 5.58. The van der Waals surface area contributed by atoms with E-state index in [2.05, 4.69) is 15.1 Å². The van der Waals surface area contributed by atoms with E-state index < -0.39 is 10.8 Å². The lowest BCUT2D eigenvalue weighted by molar-refractivity contribution is 0.505. The molecule has 6 rings (SSSR count). The molecule has 5 aromatic rings. The zero-order chi connectivity index (χ0) is 22.0. The monoisotopic (exact) mass is 463 g/mol. The second-order valence-electron chi connectivity index (χ2n) is 8.17. The van der Waals surface area contributed by atoms with Gasteiger partial charge in [0, 0.05) is 59.8 Å². The third kappa shape index (κ3) is 2.97. The van der Waals surface area contributed by atoms with E-state index in [4.69, 9.17) is 10.7 Å². The molecule has 1 fully saturated rings. The van der Waals surface area contributed by atoms with Gasteiger partial charge in [0.25, 0.3) is 0 Å². The van der Waals surface area contributed by atoms with Gasteiger partial charge in [0.15, 0.2) is 0 Å². The van der Waals surface area contributed by atoms with E-state index in [1.807, 2.05) is 43.0 Å². The van der Waals surface area contributed by atoms with Gasteiger partial charge < -0.3 is 5.73 Å². The number of anilines is 1. The minimum absolute atomic E-state index is 0.196. The summed E-state index contributed by atoms with van der Waals surface area (Å²) in [6.07, 6.45) is 12.4. The highest BCUT2D eigenvalue weighted by Gasteiger charge is 2.30. The van der Waals surface area contributed by atoms with Crippen LogP contribution in [0.5, 0.6) is 0 Å². The summed E-state index contributed by atoms with van der Waals surface area (Å²) in [5.74, 6) is 0.636. The van der Waals surface area contributed by atoms with E-state index in [1.54, 1.807) is 17.1 Å². The lowest BCUT2D eigenvalue weighted by Crippen LogP contribution is -2.23. The van der Waals surface area contributed by atoms with Crippen molar-refractivity contribution in [3.63, 3.8) is 0 Å². The van der Waals surface area contributed by atoms with Gasteiger partial charge >= 0.3 is 0 Å². The summed E-state index contributed by atoms with van der Waals surface area (Å²) in [4.78, 5) is 14.4. The van der Waals surface area contributed by atoms with Crippen molar-refractivity contribution >= 4 is 43.8 Å². The van der Waals surface area contributed by atoms with Crippen LogP contribution in [0.4, 0.5) is 5.69 Å². The summed E-state index contributed by atoms with van der Waals surface area (Å²) >= 11 is 1.44. The first-order chi connectivity index (χ1) is 15.5. The largest absolute Gasteiger partial charge is 0.396 e. The molecule has 1 aliphatic rings. The van der Waals surface area contributed by atoms with Crippen LogP contribution in [-0.4, -0.2) is 38.6 Å². The molecule has 8 nitrogen and oxygen atoms in total. The van der Waals surface area contributed by atoms with E-state index in [1.165, 1.54) is 11.3 Å². The fraction of sp³-hybridized carbons (Fsp3) is 0.273. The van der Waals surface area contributed by atoms with Crippen LogP contribution in [0, 0.1) is 6.92 Å². The number of thiophene rings is 1. The zero-order valence-corrected chi connectivity index (χ0v) is 19.3. The van der Waals surface area contributed by atoms with Gasteiger partial charge in [0.05, 0.1) is 27.9 Å². The van der Waals surface area contributed by atoms with Crippen LogP contribution >= 0.6 is 11.3 Å². The first-order valence-corrected chi connectivity index (χ1v) is 12.5. The van der Waals surface area contributed by atoms with Crippen molar-refractivity contribution in [3.05, 3.63) is 42.7 Å². The fourth-order valence-electron chi connectivity index (χ4n) is 4.16. The quantitative estimate of drug-likeness (QED) is 0.433. The highest BCUT2D eigenvalue weighted by Crippen LogP contribution is 2.45. The molecule has 1 aliphatic carbocycles. The summed E-state index contributed by atoms with van der Waals surface area (Å²) in [6, 6.07) is 2.03. The molecular weight excluding hydrogens is 442 g/mol. The normalized spacial score (nSPS) is 15.4. The molecular formula is C22H21N7OS2. The molecule has 0 radical (unpaired) electrons. The van der Waals surface area contributed by atoms with Crippen molar-refractivity contribution in [1.82, 2.24) is 29.1 Å². The molecule has 1 unspecified atom stereocenters. The van der Waals surface area contributed by atoms with Crippen LogP contribution in [0.15, 0.2) is 41.3 Å². The Balaban J connectivity index is 1.61. The topological polar surface area (TPSA) is 104 Å². The third-order valence-corrected chi connectivity index (χ3v) is 9.35. The van der Waals surface area contributed by atoms with E-state index in [0.717, 1.165) is 61.8 Å². The first-order valence-electron chi connectivity index (χ1n) is 10.4. The van der Waals surface area contributed by atoms with Gasteiger partial charge in [-0.25, -0.2) is 15.0 Å². The Kier molecular flexibility index (Phi) is 4.41. The number of aryl methyl sites for hydroxylation is 2. The second-order valence-corrected chi connectivity index (χ2v) is 11.1. The highest BCUT2D eigenvalue weighted by atomic mass is 32.2. The van der Waals surface area contributed by atoms with E-state index >= 15 is 0 Å². The fourth-order valence-corrected chi connectivity index (χ4v) is 7.37. The van der Waals surface area contributed by atoms with Crippen LogP contribution in [0.1, 0.15) is 25.0 Å². The SMILES string of the molecule is Cc1nn(C)cc1-c1cc(-c2cnc3nccn3c2)nc2sc(S(=O)C3CCC3)c(N)c12. The number of pyridine rings is 1. The maximum atomic E-state index is 13.2. The number of hydrogen-bond donors (Lipinski definition) is 1. The average molecular weight is 464 g/mol. The first kappa shape index (κ1) is 19.6. The van der Waals surface area contributed by atoms with Crippen molar-refractivity contribution in [1.29, 1.82) is 0 Å². The molecule has 0 amide bonds. The van der Waals surface area contributed by atoms with Gasteiger partial charge in [-0.2, -0.15) is 5.10 Å². The second kappa shape index (κ2) is 7.21. The molecule has 1 atom stereocenters. The molecule has 5 heterocycles. The molecule has 32 heavy (non-hydrogen) atoms. The Bertz CT molecular complexity index is 1530. The minimum Gasteiger partial charge on any atom is -0.396 e. The lowest BCUT2D eigenvalue weighted by atomic mass is 10.00. The van der Waals surface area contributed by atoms with Crippen LogP contribution in [0.2, 0.25) is 0 Å². The number of aromatic nitrogens is 6. The lowest BCUT2D eigenvalue weighted by Gasteiger charge is -2.23. The number of fused-ring (bicyclic) bond motifs is 2. The molecule has 10 heteroatoms. The maximum Gasteiger partial charge on any atom is 0.233 e. The number of imidazole rings is 1. The zero-order valence-electron chi connectivity index (χ0n) is 17.6. The van der Waals surface area contributed by atoms with Crippen LogP contribution in [0.25, 0.3) is 38.4 Å².